The number of anilines is 1. The van der Waals surface area contributed by atoms with Crippen LogP contribution in [-0.2, 0) is 6.54 Å². The van der Waals surface area contributed by atoms with Crippen LogP contribution < -0.4 is 5.32 Å². The number of tetrazole rings is 1. The summed E-state index contributed by atoms with van der Waals surface area (Å²) in [6.07, 6.45) is 5.01. The zero-order valence-electron chi connectivity index (χ0n) is 14.8. The highest BCUT2D eigenvalue weighted by atomic mass is 127. The SMILES string of the molecule is O=C(Nc1ccc(I)cc1)c1ccccc1-c1nnn(CCCC2CC2)n1. The fourth-order valence-corrected chi connectivity index (χ4v) is 3.34. The number of carbonyl (C=O) groups excluding carboxylic acids is 1. The van der Waals surface area contributed by atoms with Gasteiger partial charge in [-0.2, -0.15) is 4.80 Å². The Morgan fingerprint density at radius 1 is 1.15 bits per heavy atom. The van der Waals surface area contributed by atoms with Crippen molar-refractivity contribution < 1.29 is 4.79 Å². The number of nitrogens with one attached hydrogen (secondary N) is 1. The van der Waals surface area contributed by atoms with Crippen LogP contribution in [0, 0.1) is 9.49 Å². The number of amides is 1. The molecule has 6 nitrogen and oxygen atoms in total. The molecule has 1 amide bonds. The first-order valence-electron chi connectivity index (χ1n) is 9.13. The summed E-state index contributed by atoms with van der Waals surface area (Å²) in [4.78, 5) is 14.4. The van der Waals surface area contributed by atoms with Gasteiger partial charge in [0, 0.05) is 14.8 Å². The van der Waals surface area contributed by atoms with Crippen LogP contribution in [0.2, 0.25) is 0 Å². The minimum Gasteiger partial charge on any atom is -0.322 e. The molecule has 1 aliphatic rings. The van der Waals surface area contributed by atoms with E-state index < -0.39 is 0 Å². The minimum atomic E-state index is -0.183. The van der Waals surface area contributed by atoms with E-state index in [4.69, 9.17) is 0 Å². The number of carbonyl (C=O) groups is 1. The molecule has 0 bridgehead atoms. The minimum absolute atomic E-state index is 0.183. The molecular formula is C20H20IN5O. The highest BCUT2D eigenvalue weighted by molar-refractivity contribution is 14.1. The van der Waals surface area contributed by atoms with Gasteiger partial charge in [-0.15, -0.1) is 10.2 Å². The third-order valence-electron chi connectivity index (χ3n) is 4.63. The Morgan fingerprint density at radius 2 is 1.93 bits per heavy atom. The number of hydrogen-bond donors (Lipinski definition) is 1. The zero-order chi connectivity index (χ0) is 18.6. The highest BCUT2D eigenvalue weighted by Gasteiger charge is 2.21. The first kappa shape index (κ1) is 18.1. The number of aromatic nitrogens is 4. The van der Waals surface area contributed by atoms with Crippen LogP contribution in [0.1, 0.15) is 36.0 Å². The van der Waals surface area contributed by atoms with Crippen molar-refractivity contribution in [1.82, 2.24) is 20.2 Å². The topological polar surface area (TPSA) is 72.7 Å². The quantitative estimate of drug-likeness (QED) is 0.517. The normalized spacial score (nSPS) is 13.5. The van der Waals surface area contributed by atoms with Crippen LogP contribution in [-0.4, -0.2) is 26.1 Å². The van der Waals surface area contributed by atoms with E-state index in [1.54, 1.807) is 10.9 Å². The summed E-state index contributed by atoms with van der Waals surface area (Å²) in [6, 6.07) is 15.0. The summed E-state index contributed by atoms with van der Waals surface area (Å²) in [6.45, 7) is 0.764. The second-order valence-electron chi connectivity index (χ2n) is 6.80. The maximum Gasteiger partial charge on any atom is 0.256 e. The number of aryl methyl sites for hydroxylation is 1. The number of nitrogens with zero attached hydrogens (tertiary/aromatic N) is 4. The van der Waals surface area contributed by atoms with Crippen molar-refractivity contribution in [3.05, 3.63) is 57.7 Å². The van der Waals surface area contributed by atoms with Gasteiger partial charge in [0.1, 0.15) is 0 Å². The van der Waals surface area contributed by atoms with Crippen molar-refractivity contribution in [2.45, 2.75) is 32.2 Å². The van der Waals surface area contributed by atoms with E-state index in [1.165, 1.54) is 19.3 Å². The largest absolute Gasteiger partial charge is 0.322 e. The van der Waals surface area contributed by atoms with Crippen LogP contribution in [0.5, 0.6) is 0 Å². The molecule has 0 unspecified atom stereocenters. The molecule has 1 N–H and O–H groups in total. The molecular weight excluding hydrogens is 453 g/mol. The van der Waals surface area contributed by atoms with Gasteiger partial charge in [0.15, 0.2) is 0 Å². The van der Waals surface area contributed by atoms with Gasteiger partial charge in [0.2, 0.25) is 5.82 Å². The van der Waals surface area contributed by atoms with Gasteiger partial charge in [-0.05, 0) is 76.9 Å². The average molecular weight is 473 g/mol. The highest BCUT2D eigenvalue weighted by Crippen LogP contribution is 2.33. The molecule has 0 radical (unpaired) electrons. The zero-order valence-corrected chi connectivity index (χ0v) is 17.0. The van der Waals surface area contributed by atoms with Crippen LogP contribution >= 0.6 is 22.6 Å². The van der Waals surface area contributed by atoms with Crippen LogP contribution in [0.25, 0.3) is 11.4 Å². The number of halogens is 1. The molecule has 0 atom stereocenters. The van der Waals surface area contributed by atoms with Gasteiger partial charge in [0.05, 0.1) is 12.1 Å². The monoisotopic (exact) mass is 473 g/mol. The van der Waals surface area contributed by atoms with Crippen molar-refractivity contribution in [2.24, 2.45) is 5.92 Å². The standard InChI is InChI=1S/C20H20IN5O/c21-15-9-11-16(12-10-15)22-20(27)18-6-2-1-5-17(18)19-23-25-26(24-19)13-3-4-14-7-8-14/h1-2,5-6,9-12,14H,3-4,7-8,13H2,(H,22,27). The maximum atomic E-state index is 12.8. The third kappa shape index (κ3) is 4.71. The molecule has 3 aromatic rings. The first-order valence-corrected chi connectivity index (χ1v) is 10.2. The summed E-state index contributed by atoms with van der Waals surface area (Å²) in [5.74, 6) is 1.20. The summed E-state index contributed by atoms with van der Waals surface area (Å²) < 4.78 is 1.12. The van der Waals surface area contributed by atoms with E-state index in [9.17, 15) is 4.79 Å². The van der Waals surface area contributed by atoms with E-state index in [2.05, 4.69) is 43.3 Å². The van der Waals surface area contributed by atoms with Crippen LogP contribution in [0.3, 0.4) is 0 Å². The molecule has 1 aliphatic carbocycles. The predicted octanol–water partition coefficient (Wildman–Crippen LogP) is 4.39. The number of rotatable bonds is 7. The van der Waals surface area contributed by atoms with Crippen LogP contribution in [0.15, 0.2) is 48.5 Å². The molecule has 0 aliphatic heterocycles. The van der Waals surface area contributed by atoms with Gasteiger partial charge in [-0.3, -0.25) is 4.79 Å². The van der Waals surface area contributed by atoms with Crippen molar-refractivity contribution >= 4 is 34.2 Å². The molecule has 1 heterocycles. The molecule has 0 saturated heterocycles. The molecule has 2 aromatic carbocycles. The van der Waals surface area contributed by atoms with Crippen molar-refractivity contribution in [2.75, 3.05) is 5.32 Å². The van der Waals surface area contributed by atoms with Crippen LogP contribution in [0.4, 0.5) is 5.69 Å². The Hall–Kier alpha value is -2.29. The van der Waals surface area contributed by atoms with Gasteiger partial charge >= 0.3 is 0 Å². The number of benzene rings is 2. The maximum absolute atomic E-state index is 12.8. The average Bonchev–Trinajstić information content (AvgIpc) is 3.39. The molecule has 1 saturated carbocycles. The first-order chi connectivity index (χ1) is 13.2. The lowest BCUT2D eigenvalue weighted by Crippen LogP contribution is -2.13. The van der Waals surface area contributed by atoms with E-state index in [0.717, 1.165) is 28.1 Å². The van der Waals surface area contributed by atoms with Crippen molar-refractivity contribution in [3.63, 3.8) is 0 Å². The van der Waals surface area contributed by atoms with Gasteiger partial charge in [-0.1, -0.05) is 31.0 Å². The predicted molar refractivity (Wildman–Crippen MR) is 112 cm³/mol. The van der Waals surface area contributed by atoms with E-state index in [0.29, 0.717) is 17.0 Å². The summed E-state index contributed by atoms with van der Waals surface area (Å²) in [5, 5.41) is 15.7. The lowest BCUT2D eigenvalue weighted by molar-refractivity contribution is 0.102. The van der Waals surface area contributed by atoms with E-state index in [1.807, 2.05) is 42.5 Å². The summed E-state index contributed by atoms with van der Waals surface area (Å²) >= 11 is 2.23. The van der Waals surface area contributed by atoms with Crippen molar-refractivity contribution in [1.29, 1.82) is 0 Å². The second-order valence-corrected chi connectivity index (χ2v) is 8.05. The fraction of sp³-hybridized carbons (Fsp3) is 0.300. The molecule has 138 valence electrons. The molecule has 1 aromatic heterocycles. The van der Waals surface area contributed by atoms with Gasteiger partial charge < -0.3 is 5.32 Å². The molecule has 27 heavy (non-hydrogen) atoms. The summed E-state index contributed by atoms with van der Waals surface area (Å²) in [7, 11) is 0. The number of hydrogen-bond acceptors (Lipinski definition) is 4. The third-order valence-corrected chi connectivity index (χ3v) is 5.35. The Labute approximate surface area is 171 Å². The Bertz CT molecular complexity index is 934. The molecule has 0 spiro atoms. The van der Waals surface area contributed by atoms with Gasteiger partial charge in [-0.25, -0.2) is 0 Å². The van der Waals surface area contributed by atoms with E-state index in [-0.39, 0.29) is 5.91 Å². The smallest absolute Gasteiger partial charge is 0.256 e. The molecule has 7 heteroatoms. The second kappa shape index (κ2) is 8.16. The summed E-state index contributed by atoms with van der Waals surface area (Å²) in [5.41, 5.74) is 1.98. The van der Waals surface area contributed by atoms with Gasteiger partial charge in [0.25, 0.3) is 5.91 Å². The lowest BCUT2D eigenvalue weighted by Gasteiger charge is -2.08. The van der Waals surface area contributed by atoms with E-state index >= 15 is 0 Å². The molecule has 1 fully saturated rings. The molecule has 4 rings (SSSR count). The lowest BCUT2D eigenvalue weighted by atomic mass is 10.1. The Kier molecular flexibility index (Phi) is 5.47. The Balaban J connectivity index is 1.49. The van der Waals surface area contributed by atoms with Crippen molar-refractivity contribution in [3.8, 4) is 11.4 Å². The Morgan fingerprint density at radius 3 is 2.70 bits per heavy atom. The fourth-order valence-electron chi connectivity index (χ4n) is 2.98.